The highest BCUT2D eigenvalue weighted by molar-refractivity contribution is 5.66. The highest BCUT2D eigenvalue weighted by Crippen LogP contribution is 2.64. The second kappa shape index (κ2) is 6.31. The Morgan fingerprint density at radius 2 is 1.93 bits per heavy atom. The van der Waals surface area contributed by atoms with E-state index in [-0.39, 0.29) is 11.6 Å². The molecule has 6 aliphatic rings. The SMILES string of the molecule is CCNC12CC3CC(C1)C1(OOC4(CCCC(OC(=O)NC)C4)O1)C(C3)C2. The minimum absolute atomic E-state index is 0.192. The van der Waals surface area contributed by atoms with Gasteiger partial charge in [-0.2, -0.15) is 9.78 Å². The van der Waals surface area contributed by atoms with E-state index in [0.717, 1.165) is 44.6 Å². The Morgan fingerprint density at radius 1 is 1.15 bits per heavy atom. The number of nitrogens with one attached hydrogen (secondary N) is 2. The van der Waals surface area contributed by atoms with Crippen LogP contribution in [0.4, 0.5) is 4.79 Å². The summed E-state index contributed by atoms with van der Waals surface area (Å²) in [4.78, 5) is 23.7. The fraction of sp³-hybridized carbons (Fsp3) is 0.950. The molecule has 1 aliphatic heterocycles. The molecule has 4 unspecified atom stereocenters. The van der Waals surface area contributed by atoms with Crippen LogP contribution in [0.15, 0.2) is 0 Å². The molecule has 1 saturated heterocycles. The van der Waals surface area contributed by atoms with Gasteiger partial charge < -0.3 is 20.1 Å². The summed E-state index contributed by atoms with van der Waals surface area (Å²) in [6, 6.07) is 0. The van der Waals surface area contributed by atoms with Gasteiger partial charge in [-0.05, 0) is 57.4 Å². The molecule has 5 aliphatic carbocycles. The molecule has 1 heterocycles. The summed E-state index contributed by atoms with van der Waals surface area (Å²) >= 11 is 0. The molecule has 0 aromatic rings. The number of carbonyl (C=O) groups excluding carboxylic acids is 1. The summed E-state index contributed by atoms with van der Waals surface area (Å²) in [6.45, 7) is 3.21. The van der Waals surface area contributed by atoms with Gasteiger partial charge in [0.2, 0.25) is 11.6 Å². The molecule has 7 nitrogen and oxygen atoms in total. The van der Waals surface area contributed by atoms with Crippen molar-refractivity contribution in [3.8, 4) is 0 Å². The molecule has 0 radical (unpaired) electrons. The maximum atomic E-state index is 11.6. The summed E-state index contributed by atoms with van der Waals surface area (Å²) in [5, 5.41) is 6.31. The van der Waals surface area contributed by atoms with Crippen molar-refractivity contribution in [1.82, 2.24) is 10.6 Å². The standard InChI is InChI=1S/C20H32N2O5/c1-3-22-18-9-13-7-14(10-18)20(15(8-13)11-18)25-19(26-27-20)6-4-5-16(12-19)24-17(23)21-2/h13-16,22H,3-12H2,1-2H3,(H,21,23). The van der Waals surface area contributed by atoms with Crippen molar-refractivity contribution in [3.63, 3.8) is 0 Å². The molecule has 5 saturated carbocycles. The van der Waals surface area contributed by atoms with Crippen LogP contribution in [0, 0.1) is 17.8 Å². The number of amides is 1. The Hall–Kier alpha value is -0.890. The zero-order chi connectivity index (χ0) is 18.7. The Balaban J connectivity index is 1.34. The second-order valence-corrected chi connectivity index (χ2v) is 9.43. The van der Waals surface area contributed by atoms with Crippen LogP contribution in [0.25, 0.3) is 0 Å². The van der Waals surface area contributed by atoms with Gasteiger partial charge in [-0.1, -0.05) is 6.92 Å². The van der Waals surface area contributed by atoms with E-state index in [1.165, 1.54) is 19.3 Å². The zero-order valence-electron chi connectivity index (χ0n) is 16.4. The van der Waals surface area contributed by atoms with Crippen LogP contribution in [0.2, 0.25) is 0 Å². The van der Waals surface area contributed by atoms with E-state index in [2.05, 4.69) is 17.6 Å². The third-order valence-electron chi connectivity index (χ3n) is 7.65. The summed E-state index contributed by atoms with van der Waals surface area (Å²) in [6.07, 6.45) is 8.33. The minimum Gasteiger partial charge on any atom is -0.446 e. The van der Waals surface area contributed by atoms with Gasteiger partial charge in [0.05, 0.1) is 0 Å². The number of carbonyl (C=O) groups is 1. The maximum absolute atomic E-state index is 11.6. The van der Waals surface area contributed by atoms with Gasteiger partial charge in [0.25, 0.3) is 0 Å². The monoisotopic (exact) mass is 380 g/mol. The van der Waals surface area contributed by atoms with Crippen molar-refractivity contribution in [2.75, 3.05) is 13.6 Å². The van der Waals surface area contributed by atoms with Crippen LogP contribution in [-0.4, -0.2) is 42.9 Å². The van der Waals surface area contributed by atoms with E-state index >= 15 is 0 Å². The van der Waals surface area contributed by atoms with Gasteiger partial charge in [-0.25, -0.2) is 4.79 Å². The number of ether oxygens (including phenoxy) is 2. The van der Waals surface area contributed by atoms with Crippen LogP contribution in [-0.2, 0) is 19.2 Å². The van der Waals surface area contributed by atoms with E-state index < -0.39 is 17.7 Å². The maximum Gasteiger partial charge on any atom is 0.407 e. The first-order valence-corrected chi connectivity index (χ1v) is 10.7. The van der Waals surface area contributed by atoms with Crippen LogP contribution in [0.5, 0.6) is 0 Å². The largest absolute Gasteiger partial charge is 0.446 e. The smallest absolute Gasteiger partial charge is 0.407 e. The lowest BCUT2D eigenvalue weighted by Gasteiger charge is -2.62. The molecule has 152 valence electrons. The predicted molar refractivity (Wildman–Crippen MR) is 96.5 cm³/mol. The Kier molecular flexibility index (Phi) is 4.24. The third kappa shape index (κ3) is 2.81. The highest BCUT2D eigenvalue weighted by atomic mass is 17.3. The fourth-order valence-corrected chi connectivity index (χ4v) is 6.92. The molecule has 2 N–H and O–H groups in total. The van der Waals surface area contributed by atoms with Crippen molar-refractivity contribution < 1.29 is 24.0 Å². The van der Waals surface area contributed by atoms with Gasteiger partial charge in [-0.15, -0.1) is 0 Å². The molecule has 0 aromatic heterocycles. The first kappa shape index (κ1) is 18.2. The van der Waals surface area contributed by atoms with Crippen LogP contribution in [0.3, 0.4) is 0 Å². The van der Waals surface area contributed by atoms with Crippen molar-refractivity contribution >= 4 is 6.09 Å². The van der Waals surface area contributed by atoms with Crippen LogP contribution < -0.4 is 10.6 Å². The molecular weight excluding hydrogens is 348 g/mol. The lowest BCUT2D eigenvalue weighted by atomic mass is 9.50. The third-order valence-corrected chi connectivity index (χ3v) is 7.65. The van der Waals surface area contributed by atoms with Gasteiger partial charge in [-0.3, -0.25) is 0 Å². The molecule has 0 aromatic carbocycles. The van der Waals surface area contributed by atoms with Crippen molar-refractivity contribution in [2.45, 2.75) is 87.9 Å². The normalized spacial score (nSPS) is 50.4. The summed E-state index contributed by atoms with van der Waals surface area (Å²) in [5.74, 6) is 0.152. The Morgan fingerprint density at radius 3 is 2.63 bits per heavy atom. The average molecular weight is 380 g/mol. The number of rotatable bonds is 3. The highest BCUT2D eigenvalue weighted by Gasteiger charge is 2.69. The van der Waals surface area contributed by atoms with Gasteiger partial charge in [0.15, 0.2) is 0 Å². The molecule has 2 spiro atoms. The number of hydrogen-bond acceptors (Lipinski definition) is 6. The number of alkyl carbamates (subject to hydrolysis) is 1. The Labute approximate surface area is 160 Å². The van der Waals surface area contributed by atoms with E-state index in [1.54, 1.807) is 7.05 Å². The van der Waals surface area contributed by atoms with Crippen LogP contribution in [0.1, 0.15) is 64.7 Å². The molecule has 1 amide bonds. The average Bonchev–Trinajstić information content (AvgIpc) is 2.99. The molecule has 4 bridgehead atoms. The van der Waals surface area contributed by atoms with Gasteiger partial charge >= 0.3 is 6.09 Å². The lowest BCUT2D eigenvalue weighted by molar-refractivity contribution is -0.392. The van der Waals surface area contributed by atoms with Crippen molar-refractivity contribution in [2.24, 2.45) is 17.8 Å². The molecule has 6 rings (SSSR count). The molecule has 6 fully saturated rings. The van der Waals surface area contributed by atoms with Crippen molar-refractivity contribution in [3.05, 3.63) is 0 Å². The van der Waals surface area contributed by atoms with Gasteiger partial charge in [0.1, 0.15) is 6.10 Å². The molecule has 7 heteroatoms. The lowest BCUT2D eigenvalue weighted by Crippen LogP contribution is -2.68. The summed E-state index contributed by atoms with van der Waals surface area (Å²) in [5.41, 5.74) is 0.260. The van der Waals surface area contributed by atoms with E-state index in [4.69, 9.17) is 19.2 Å². The first-order chi connectivity index (χ1) is 13.0. The zero-order valence-corrected chi connectivity index (χ0v) is 16.4. The van der Waals surface area contributed by atoms with Crippen LogP contribution >= 0.6 is 0 Å². The van der Waals surface area contributed by atoms with E-state index in [1.807, 2.05) is 0 Å². The topological polar surface area (TPSA) is 78.0 Å². The summed E-state index contributed by atoms with van der Waals surface area (Å²) < 4.78 is 12.2. The molecule has 27 heavy (non-hydrogen) atoms. The predicted octanol–water partition coefficient (Wildman–Crippen LogP) is 2.84. The summed E-state index contributed by atoms with van der Waals surface area (Å²) in [7, 11) is 1.58. The molecular formula is C20H32N2O5. The molecule has 4 atom stereocenters. The van der Waals surface area contributed by atoms with Crippen molar-refractivity contribution in [1.29, 1.82) is 0 Å². The number of hydrogen-bond donors (Lipinski definition) is 2. The second-order valence-electron chi connectivity index (χ2n) is 9.43. The van der Waals surface area contributed by atoms with E-state index in [0.29, 0.717) is 18.3 Å². The fourth-order valence-electron chi connectivity index (χ4n) is 6.92. The quantitative estimate of drug-likeness (QED) is 0.733. The Bertz CT molecular complexity index is 597. The minimum atomic E-state index is -0.766. The first-order valence-electron chi connectivity index (χ1n) is 10.7. The van der Waals surface area contributed by atoms with Gasteiger partial charge in [0, 0.05) is 37.3 Å². The van der Waals surface area contributed by atoms with E-state index in [9.17, 15) is 4.79 Å².